The molecule has 2 N–H and O–H groups in total. The molecule has 0 saturated heterocycles. The van der Waals surface area contributed by atoms with E-state index in [2.05, 4.69) is 0 Å². The Morgan fingerprint density at radius 2 is 1.82 bits per heavy atom. The van der Waals surface area contributed by atoms with Gasteiger partial charge in [-0.15, -0.1) is 0 Å². The van der Waals surface area contributed by atoms with Crippen molar-refractivity contribution in [3.8, 4) is 0 Å². The van der Waals surface area contributed by atoms with E-state index in [0.29, 0.717) is 5.69 Å². The Labute approximate surface area is 99.8 Å². The van der Waals surface area contributed by atoms with Gasteiger partial charge in [0.1, 0.15) is 0 Å². The summed E-state index contributed by atoms with van der Waals surface area (Å²) in [5.74, 6) is -1.19. The molecular formula is C13H15NO3. The SMILES string of the molecule is Nc1ccccc1C(=O)OC(=O)C1CCCC1. The molecule has 0 aliphatic heterocycles. The number of hydrogen-bond donors (Lipinski definition) is 1. The van der Waals surface area contributed by atoms with Gasteiger partial charge in [-0.05, 0) is 25.0 Å². The predicted molar refractivity (Wildman–Crippen MR) is 63.2 cm³/mol. The van der Waals surface area contributed by atoms with Crippen molar-refractivity contribution in [3.05, 3.63) is 29.8 Å². The van der Waals surface area contributed by atoms with Gasteiger partial charge >= 0.3 is 11.9 Å². The van der Waals surface area contributed by atoms with E-state index in [4.69, 9.17) is 10.5 Å². The monoisotopic (exact) mass is 233 g/mol. The molecule has 0 amide bonds. The Morgan fingerprint density at radius 1 is 1.18 bits per heavy atom. The highest BCUT2D eigenvalue weighted by atomic mass is 16.6. The van der Waals surface area contributed by atoms with E-state index >= 15 is 0 Å². The first kappa shape index (κ1) is 11.6. The van der Waals surface area contributed by atoms with Gasteiger partial charge in [0, 0.05) is 5.69 Å². The zero-order valence-electron chi connectivity index (χ0n) is 9.52. The summed E-state index contributed by atoms with van der Waals surface area (Å²) in [5, 5.41) is 0. The number of rotatable bonds is 2. The molecule has 1 aromatic carbocycles. The third kappa shape index (κ3) is 2.64. The third-order valence-corrected chi connectivity index (χ3v) is 3.06. The smallest absolute Gasteiger partial charge is 0.347 e. The second kappa shape index (κ2) is 4.99. The number of anilines is 1. The summed E-state index contributed by atoms with van der Waals surface area (Å²) >= 11 is 0. The molecule has 0 unspecified atom stereocenters. The minimum absolute atomic E-state index is 0.121. The number of ether oxygens (including phenoxy) is 1. The molecule has 0 spiro atoms. The van der Waals surface area contributed by atoms with Crippen LogP contribution in [0.2, 0.25) is 0 Å². The molecule has 90 valence electrons. The zero-order chi connectivity index (χ0) is 12.3. The quantitative estimate of drug-likeness (QED) is 0.482. The minimum Gasteiger partial charge on any atom is -0.398 e. The predicted octanol–water partition coefficient (Wildman–Crippen LogP) is 2.14. The molecule has 0 heterocycles. The maximum atomic E-state index is 11.7. The van der Waals surface area contributed by atoms with Gasteiger partial charge in [-0.1, -0.05) is 25.0 Å². The van der Waals surface area contributed by atoms with E-state index in [1.165, 1.54) is 0 Å². The Balaban J connectivity index is 2.02. The highest BCUT2D eigenvalue weighted by molar-refractivity contribution is 6.00. The van der Waals surface area contributed by atoms with Crippen LogP contribution >= 0.6 is 0 Å². The molecule has 0 atom stereocenters. The van der Waals surface area contributed by atoms with Gasteiger partial charge in [-0.25, -0.2) is 4.79 Å². The molecule has 1 aliphatic carbocycles. The molecule has 1 fully saturated rings. The normalized spacial score (nSPS) is 15.8. The highest BCUT2D eigenvalue weighted by Gasteiger charge is 2.26. The second-order valence-electron chi connectivity index (χ2n) is 4.28. The van der Waals surface area contributed by atoms with Crippen molar-refractivity contribution < 1.29 is 14.3 Å². The molecule has 0 aromatic heterocycles. The largest absolute Gasteiger partial charge is 0.398 e. The van der Waals surface area contributed by atoms with E-state index < -0.39 is 11.9 Å². The first-order chi connectivity index (χ1) is 8.18. The van der Waals surface area contributed by atoms with Crippen molar-refractivity contribution in [2.75, 3.05) is 5.73 Å². The molecule has 1 aromatic rings. The lowest BCUT2D eigenvalue weighted by Crippen LogP contribution is -2.20. The Hall–Kier alpha value is -1.84. The van der Waals surface area contributed by atoms with Crippen LogP contribution < -0.4 is 5.73 Å². The van der Waals surface area contributed by atoms with Crippen LogP contribution in [0.5, 0.6) is 0 Å². The highest BCUT2D eigenvalue weighted by Crippen LogP contribution is 2.26. The van der Waals surface area contributed by atoms with Crippen LogP contribution in [0.15, 0.2) is 24.3 Å². The first-order valence-corrected chi connectivity index (χ1v) is 5.79. The molecule has 0 radical (unpaired) electrons. The summed E-state index contributed by atoms with van der Waals surface area (Å²) in [6, 6.07) is 6.58. The van der Waals surface area contributed by atoms with Gasteiger partial charge < -0.3 is 10.5 Å². The standard InChI is InChI=1S/C13H15NO3/c14-11-8-4-3-7-10(11)13(16)17-12(15)9-5-1-2-6-9/h3-4,7-9H,1-2,5-6,14H2. The zero-order valence-corrected chi connectivity index (χ0v) is 9.52. The van der Waals surface area contributed by atoms with Gasteiger partial charge in [-0.3, -0.25) is 4.79 Å². The number of nitrogen functional groups attached to an aromatic ring is 1. The number of hydrogen-bond acceptors (Lipinski definition) is 4. The second-order valence-corrected chi connectivity index (χ2v) is 4.28. The van der Waals surface area contributed by atoms with Crippen molar-refractivity contribution in [2.45, 2.75) is 25.7 Å². The van der Waals surface area contributed by atoms with Crippen LogP contribution in [0, 0.1) is 5.92 Å². The van der Waals surface area contributed by atoms with E-state index in [1.807, 2.05) is 0 Å². The molecular weight excluding hydrogens is 218 g/mol. The number of nitrogens with two attached hydrogens (primary N) is 1. The molecule has 4 heteroatoms. The molecule has 4 nitrogen and oxygen atoms in total. The van der Waals surface area contributed by atoms with E-state index in [0.717, 1.165) is 25.7 Å². The number of para-hydroxylation sites is 1. The number of carbonyl (C=O) groups is 2. The topological polar surface area (TPSA) is 69.4 Å². The van der Waals surface area contributed by atoms with Crippen molar-refractivity contribution in [3.63, 3.8) is 0 Å². The fourth-order valence-corrected chi connectivity index (χ4v) is 2.07. The number of esters is 2. The van der Waals surface area contributed by atoms with Gasteiger partial charge in [0.15, 0.2) is 0 Å². The first-order valence-electron chi connectivity index (χ1n) is 5.79. The summed E-state index contributed by atoms with van der Waals surface area (Å²) in [6.07, 6.45) is 3.69. The maximum absolute atomic E-state index is 11.7. The van der Waals surface area contributed by atoms with Gasteiger partial charge in [0.2, 0.25) is 0 Å². The lowest BCUT2D eigenvalue weighted by atomic mass is 10.1. The molecule has 2 rings (SSSR count). The number of benzene rings is 1. The maximum Gasteiger partial charge on any atom is 0.347 e. The van der Waals surface area contributed by atoms with Crippen LogP contribution in [-0.2, 0) is 9.53 Å². The summed E-state index contributed by atoms with van der Waals surface area (Å²) in [7, 11) is 0. The Morgan fingerprint density at radius 3 is 2.47 bits per heavy atom. The molecule has 17 heavy (non-hydrogen) atoms. The van der Waals surface area contributed by atoms with Crippen molar-refractivity contribution in [2.24, 2.45) is 5.92 Å². The van der Waals surface area contributed by atoms with Gasteiger partial charge in [0.25, 0.3) is 0 Å². The lowest BCUT2D eigenvalue weighted by molar-refractivity contribution is -0.142. The molecule has 1 saturated carbocycles. The fraction of sp³-hybridized carbons (Fsp3) is 0.385. The average Bonchev–Trinajstić information content (AvgIpc) is 2.82. The minimum atomic E-state index is -0.653. The summed E-state index contributed by atoms with van der Waals surface area (Å²) in [6.45, 7) is 0. The van der Waals surface area contributed by atoms with Gasteiger partial charge in [0.05, 0.1) is 11.5 Å². The molecule has 1 aliphatic rings. The van der Waals surface area contributed by atoms with E-state index in [-0.39, 0.29) is 11.5 Å². The summed E-state index contributed by atoms with van der Waals surface area (Å²) < 4.78 is 4.84. The van der Waals surface area contributed by atoms with Crippen LogP contribution in [0.4, 0.5) is 5.69 Å². The van der Waals surface area contributed by atoms with Crippen molar-refractivity contribution >= 4 is 17.6 Å². The fourth-order valence-electron chi connectivity index (χ4n) is 2.07. The van der Waals surface area contributed by atoms with Crippen LogP contribution in [-0.4, -0.2) is 11.9 Å². The summed E-state index contributed by atoms with van der Waals surface area (Å²) in [4.78, 5) is 23.4. The Kier molecular flexibility index (Phi) is 3.42. The van der Waals surface area contributed by atoms with Crippen molar-refractivity contribution in [1.29, 1.82) is 0 Å². The summed E-state index contributed by atoms with van der Waals surface area (Å²) in [5.41, 5.74) is 6.22. The van der Waals surface area contributed by atoms with Crippen LogP contribution in [0.3, 0.4) is 0 Å². The van der Waals surface area contributed by atoms with Crippen LogP contribution in [0.1, 0.15) is 36.0 Å². The third-order valence-electron chi connectivity index (χ3n) is 3.06. The lowest BCUT2D eigenvalue weighted by Gasteiger charge is -2.08. The Bertz CT molecular complexity index is 436. The van der Waals surface area contributed by atoms with Crippen LogP contribution in [0.25, 0.3) is 0 Å². The van der Waals surface area contributed by atoms with E-state index in [1.54, 1.807) is 24.3 Å². The number of carbonyl (C=O) groups excluding carboxylic acids is 2. The van der Waals surface area contributed by atoms with Gasteiger partial charge in [-0.2, -0.15) is 0 Å². The van der Waals surface area contributed by atoms with E-state index in [9.17, 15) is 9.59 Å². The average molecular weight is 233 g/mol. The van der Waals surface area contributed by atoms with Crippen molar-refractivity contribution in [1.82, 2.24) is 0 Å². The molecule has 0 bridgehead atoms.